The number of rotatable bonds is 2. The second-order valence-corrected chi connectivity index (χ2v) is 4.96. The van der Waals surface area contributed by atoms with Crippen molar-refractivity contribution in [3.63, 3.8) is 0 Å². The molecule has 3 rings (SSSR count). The van der Waals surface area contributed by atoms with Gasteiger partial charge in [0.25, 0.3) is 0 Å². The molecule has 3 nitrogen and oxygen atoms in total. The number of nitrogen functional groups attached to an aromatic ring is 1. The monoisotopic (exact) mass is 227 g/mol. The zero-order chi connectivity index (χ0) is 12.0. The molecule has 0 atom stereocenters. The summed E-state index contributed by atoms with van der Waals surface area (Å²) in [6.07, 6.45) is 4.25. The lowest BCUT2D eigenvalue weighted by Gasteiger charge is -2.11. The molecule has 88 valence electrons. The summed E-state index contributed by atoms with van der Waals surface area (Å²) in [6, 6.07) is 6.44. The largest absolute Gasteiger partial charge is 0.396 e. The molecule has 0 amide bonds. The Morgan fingerprint density at radius 2 is 2.06 bits per heavy atom. The molecule has 1 heterocycles. The molecule has 1 aromatic heterocycles. The molecule has 1 aromatic carbocycles. The fourth-order valence-corrected chi connectivity index (χ4v) is 2.28. The highest BCUT2D eigenvalue weighted by molar-refractivity contribution is 5.52. The first-order chi connectivity index (χ1) is 8.16. The normalized spacial score (nSPS) is 15.2. The Morgan fingerprint density at radius 1 is 1.29 bits per heavy atom. The van der Waals surface area contributed by atoms with Gasteiger partial charge in [-0.25, -0.2) is 4.68 Å². The van der Waals surface area contributed by atoms with Crippen LogP contribution >= 0.6 is 0 Å². The van der Waals surface area contributed by atoms with E-state index in [-0.39, 0.29) is 0 Å². The molecule has 3 heteroatoms. The molecule has 0 saturated heterocycles. The molecule has 0 bridgehead atoms. The van der Waals surface area contributed by atoms with Gasteiger partial charge in [-0.2, -0.15) is 5.10 Å². The summed E-state index contributed by atoms with van der Waals surface area (Å²) >= 11 is 0. The fourth-order valence-electron chi connectivity index (χ4n) is 2.28. The van der Waals surface area contributed by atoms with E-state index in [0.717, 1.165) is 11.4 Å². The molecule has 0 aliphatic heterocycles. The summed E-state index contributed by atoms with van der Waals surface area (Å²) in [4.78, 5) is 0. The highest BCUT2D eigenvalue weighted by atomic mass is 15.3. The highest BCUT2D eigenvalue weighted by Crippen LogP contribution is 2.43. The van der Waals surface area contributed by atoms with E-state index in [1.54, 1.807) is 6.20 Å². The summed E-state index contributed by atoms with van der Waals surface area (Å²) in [5, 5.41) is 4.44. The van der Waals surface area contributed by atoms with Gasteiger partial charge in [-0.05, 0) is 43.9 Å². The summed E-state index contributed by atoms with van der Waals surface area (Å²) in [5.74, 6) is 0.609. The molecular weight excluding hydrogens is 210 g/mol. The van der Waals surface area contributed by atoms with E-state index in [9.17, 15) is 0 Å². The van der Waals surface area contributed by atoms with Crippen LogP contribution in [0.5, 0.6) is 0 Å². The fraction of sp³-hybridized carbons (Fsp3) is 0.357. The van der Waals surface area contributed by atoms with E-state index >= 15 is 0 Å². The van der Waals surface area contributed by atoms with Crippen LogP contribution in [0.25, 0.3) is 5.69 Å². The molecule has 0 radical (unpaired) electrons. The SMILES string of the molecule is Cc1ccc(C)c(-n2ncc(N)c2C2CC2)c1. The number of nitrogens with zero attached hydrogens (tertiary/aromatic N) is 2. The molecular formula is C14H17N3. The van der Waals surface area contributed by atoms with Crippen molar-refractivity contribution in [2.75, 3.05) is 5.73 Å². The third-order valence-corrected chi connectivity index (χ3v) is 3.39. The smallest absolute Gasteiger partial charge is 0.0740 e. The van der Waals surface area contributed by atoms with Crippen molar-refractivity contribution in [3.8, 4) is 5.69 Å². The van der Waals surface area contributed by atoms with Gasteiger partial charge in [-0.3, -0.25) is 0 Å². The number of aryl methyl sites for hydroxylation is 2. The lowest BCUT2D eigenvalue weighted by atomic mass is 10.1. The first-order valence-electron chi connectivity index (χ1n) is 6.08. The van der Waals surface area contributed by atoms with Crippen LogP contribution in [0.2, 0.25) is 0 Å². The van der Waals surface area contributed by atoms with Gasteiger partial charge >= 0.3 is 0 Å². The van der Waals surface area contributed by atoms with Gasteiger partial charge in [0.2, 0.25) is 0 Å². The van der Waals surface area contributed by atoms with Crippen molar-refractivity contribution < 1.29 is 0 Å². The number of hydrogen-bond acceptors (Lipinski definition) is 2. The van der Waals surface area contributed by atoms with Gasteiger partial charge in [0.05, 0.1) is 23.3 Å². The molecule has 1 aliphatic carbocycles. The van der Waals surface area contributed by atoms with E-state index in [1.807, 2.05) is 4.68 Å². The Bertz CT molecular complexity index is 565. The number of aromatic nitrogens is 2. The number of nitrogens with two attached hydrogens (primary N) is 1. The van der Waals surface area contributed by atoms with Crippen molar-refractivity contribution in [2.24, 2.45) is 0 Å². The second kappa shape index (κ2) is 3.62. The van der Waals surface area contributed by atoms with E-state index in [1.165, 1.54) is 29.7 Å². The predicted molar refractivity (Wildman–Crippen MR) is 69.4 cm³/mol. The summed E-state index contributed by atoms with van der Waals surface area (Å²) in [5.41, 5.74) is 11.7. The zero-order valence-corrected chi connectivity index (χ0v) is 10.3. The van der Waals surface area contributed by atoms with E-state index in [0.29, 0.717) is 5.92 Å². The number of benzene rings is 1. The Balaban J connectivity index is 2.17. The lowest BCUT2D eigenvalue weighted by molar-refractivity contribution is 0.803. The van der Waals surface area contributed by atoms with Gasteiger partial charge in [-0.1, -0.05) is 12.1 Å². The minimum absolute atomic E-state index is 0.609. The average Bonchev–Trinajstić information content (AvgIpc) is 3.06. The van der Waals surface area contributed by atoms with E-state index in [4.69, 9.17) is 5.73 Å². The van der Waals surface area contributed by atoms with Crippen LogP contribution in [0.15, 0.2) is 24.4 Å². The van der Waals surface area contributed by atoms with Crippen molar-refractivity contribution >= 4 is 5.69 Å². The molecule has 2 N–H and O–H groups in total. The van der Waals surface area contributed by atoms with Gasteiger partial charge < -0.3 is 5.73 Å². The molecule has 1 saturated carbocycles. The molecule has 17 heavy (non-hydrogen) atoms. The minimum atomic E-state index is 0.609. The van der Waals surface area contributed by atoms with Crippen molar-refractivity contribution in [3.05, 3.63) is 41.2 Å². The predicted octanol–water partition coefficient (Wildman–Crippen LogP) is 2.95. The van der Waals surface area contributed by atoms with Gasteiger partial charge in [-0.15, -0.1) is 0 Å². The van der Waals surface area contributed by atoms with Gasteiger partial charge in [0.1, 0.15) is 0 Å². The average molecular weight is 227 g/mol. The molecule has 2 aromatic rings. The van der Waals surface area contributed by atoms with Crippen molar-refractivity contribution in [1.29, 1.82) is 0 Å². The van der Waals surface area contributed by atoms with Crippen molar-refractivity contribution in [2.45, 2.75) is 32.6 Å². The maximum Gasteiger partial charge on any atom is 0.0740 e. The van der Waals surface area contributed by atoms with Crippen LogP contribution in [0.3, 0.4) is 0 Å². The standard InChI is InChI=1S/C14H17N3/c1-9-3-4-10(2)13(7-9)17-14(11-5-6-11)12(15)8-16-17/h3-4,7-8,11H,5-6,15H2,1-2H3. The van der Waals surface area contributed by atoms with Crippen LogP contribution in [0, 0.1) is 13.8 Å². The number of anilines is 1. The van der Waals surface area contributed by atoms with E-state index < -0.39 is 0 Å². The Labute approximate surface area is 101 Å². The zero-order valence-electron chi connectivity index (χ0n) is 10.3. The van der Waals surface area contributed by atoms with Crippen LogP contribution in [0.4, 0.5) is 5.69 Å². The maximum absolute atomic E-state index is 6.02. The number of hydrogen-bond donors (Lipinski definition) is 1. The minimum Gasteiger partial charge on any atom is -0.396 e. The topological polar surface area (TPSA) is 43.8 Å². The molecule has 1 fully saturated rings. The van der Waals surface area contributed by atoms with Crippen LogP contribution < -0.4 is 5.73 Å². The summed E-state index contributed by atoms with van der Waals surface area (Å²) in [7, 11) is 0. The van der Waals surface area contributed by atoms with Crippen molar-refractivity contribution in [1.82, 2.24) is 9.78 Å². The molecule has 1 aliphatic rings. The third-order valence-electron chi connectivity index (χ3n) is 3.39. The molecule has 0 spiro atoms. The summed E-state index contributed by atoms with van der Waals surface area (Å²) < 4.78 is 2.02. The maximum atomic E-state index is 6.02. The quantitative estimate of drug-likeness (QED) is 0.857. The Hall–Kier alpha value is -1.77. The van der Waals surface area contributed by atoms with Crippen LogP contribution in [-0.2, 0) is 0 Å². The van der Waals surface area contributed by atoms with Gasteiger partial charge in [0.15, 0.2) is 0 Å². The van der Waals surface area contributed by atoms with E-state index in [2.05, 4.69) is 37.1 Å². The highest BCUT2D eigenvalue weighted by Gasteiger charge is 2.30. The third kappa shape index (κ3) is 1.71. The molecule has 0 unspecified atom stereocenters. The Kier molecular flexibility index (Phi) is 2.21. The second-order valence-electron chi connectivity index (χ2n) is 4.96. The summed E-state index contributed by atoms with van der Waals surface area (Å²) in [6.45, 7) is 4.22. The van der Waals surface area contributed by atoms with Gasteiger partial charge in [0, 0.05) is 5.92 Å². The first-order valence-corrected chi connectivity index (χ1v) is 6.08. The lowest BCUT2D eigenvalue weighted by Crippen LogP contribution is -2.04. The van der Waals surface area contributed by atoms with Crippen LogP contribution in [0.1, 0.15) is 35.6 Å². The van der Waals surface area contributed by atoms with Crippen LogP contribution in [-0.4, -0.2) is 9.78 Å². The first kappa shape index (κ1) is 10.4. The Morgan fingerprint density at radius 3 is 2.76 bits per heavy atom.